The highest BCUT2D eigenvalue weighted by atomic mass is 16.5. The first-order valence-electron chi connectivity index (χ1n) is 19.1. The standard InChI is InChI=1S/C40H67N5O8/c1-13-26(7)35(44(10)39(49)34(24(4)5)43-38(48)33(41-9)23(2)3)31(52-11)22-32(46)45-20-14-15-30(45)36(53-12)27(8)37(47)42-29(40(50)51)21-28-18-16-25(6)17-19-28/h16-19,23-24,26-27,29-31,33-36,41H,13-15,20-22H2,1-12H3,(H,42,47)(H,43,48)(H,50,51)/t26-,27+,29-,30-,31?,33-,34-,35-,36+/m0/s1. The number of carbonyl (C=O) groups excluding carboxylic acids is 4. The second-order valence-electron chi connectivity index (χ2n) is 15.4. The van der Waals surface area contributed by atoms with Crippen LogP contribution in [0.1, 0.15) is 85.3 Å². The number of hydrogen-bond acceptors (Lipinski definition) is 8. The maximum Gasteiger partial charge on any atom is 0.326 e. The summed E-state index contributed by atoms with van der Waals surface area (Å²) in [6.07, 6.45) is 0.812. The quantitative estimate of drug-likeness (QED) is 0.148. The minimum atomic E-state index is -1.14. The molecule has 1 aromatic rings. The van der Waals surface area contributed by atoms with Crippen LogP contribution >= 0.6 is 0 Å². The van der Waals surface area contributed by atoms with Crippen LogP contribution in [0.5, 0.6) is 0 Å². The minimum Gasteiger partial charge on any atom is -0.480 e. The summed E-state index contributed by atoms with van der Waals surface area (Å²) in [5, 5.41) is 18.6. The number of aryl methyl sites for hydroxylation is 1. The highest BCUT2D eigenvalue weighted by Gasteiger charge is 2.43. The van der Waals surface area contributed by atoms with Gasteiger partial charge in [-0.3, -0.25) is 19.2 Å². The third-order valence-corrected chi connectivity index (χ3v) is 10.9. The van der Waals surface area contributed by atoms with Crippen molar-refractivity contribution in [2.24, 2.45) is 23.7 Å². The molecule has 1 fully saturated rings. The number of aliphatic carboxylic acids is 1. The Morgan fingerprint density at radius 3 is 2.02 bits per heavy atom. The van der Waals surface area contributed by atoms with Gasteiger partial charge in [-0.1, -0.05) is 84.7 Å². The number of rotatable bonds is 21. The monoisotopic (exact) mass is 745 g/mol. The largest absolute Gasteiger partial charge is 0.480 e. The van der Waals surface area contributed by atoms with Gasteiger partial charge in [-0.25, -0.2) is 4.79 Å². The Morgan fingerprint density at radius 1 is 0.925 bits per heavy atom. The van der Waals surface area contributed by atoms with Gasteiger partial charge in [0.2, 0.25) is 23.6 Å². The van der Waals surface area contributed by atoms with Gasteiger partial charge in [-0.05, 0) is 50.1 Å². The summed E-state index contributed by atoms with van der Waals surface area (Å²) in [4.78, 5) is 70.5. The van der Waals surface area contributed by atoms with Gasteiger partial charge < -0.3 is 40.3 Å². The molecule has 1 aliphatic rings. The molecular weight excluding hydrogens is 678 g/mol. The van der Waals surface area contributed by atoms with E-state index in [1.165, 1.54) is 14.2 Å². The predicted octanol–water partition coefficient (Wildman–Crippen LogP) is 3.41. The lowest BCUT2D eigenvalue weighted by Crippen LogP contribution is -2.59. The average Bonchev–Trinajstić information content (AvgIpc) is 3.60. The Labute approximate surface area is 317 Å². The van der Waals surface area contributed by atoms with Crippen LogP contribution in [0.3, 0.4) is 0 Å². The number of carboxylic acid groups (broad SMARTS) is 1. The number of carbonyl (C=O) groups is 5. The number of carboxylic acids is 1. The summed E-state index contributed by atoms with van der Waals surface area (Å²) in [5.74, 6) is -3.27. The molecule has 13 heteroatoms. The molecule has 53 heavy (non-hydrogen) atoms. The SMILES string of the molecule is CC[C@H](C)[C@@H](C(CC(=O)N1CCC[C@H]1[C@H](OC)[C@@H](C)C(=O)N[C@@H](Cc1ccc(C)cc1)C(=O)O)OC)N(C)C(=O)[C@@H](NC(=O)[C@@H](NC)C(C)C)C(C)C. The molecule has 4 amide bonds. The van der Waals surface area contributed by atoms with Crippen LogP contribution in [0.4, 0.5) is 0 Å². The number of nitrogens with zero attached hydrogens (tertiary/aromatic N) is 2. The van der Waals surface area contributed by atoms with Crippen molar-refractivity contribution in [3.05, 3.63) is 35.4 Å². The van der Waals surface area contributed by atoms with E-state index in [9.17, 15) is 29.1 Å². The molecule has 0 saturated carbocycles. The summed E-state index contributed by atoms with van der Waals surface area (Å²) in [6, 6.07) is 4.23. The number of methoxy groups -OCH3 is 2. The highest BCUT2D eigenvalue weighted by Crippen LogP contribution is 2.30. The molecule has 0 radical (unpaired) electrons. The molecule has 1 aliphatic heterocycles. The average molecular weight is 746 g/mol. The van der Waals surface area contributed by atoms with E-state index in [-0.39, 0.29) is 48.3 Å². The van der Waals surface area contributed by atoms with Crippen molar-refractivity contribution >= 4 is 29.6 Å². The van der Waals surface area contributed by atoms with Crippen molar-refractivity contribution in [3.63, 3.8) is 0 Å². The minimum absolute atomic E-state index is 0.0117. The van der Waals surface area contributed by atoms with Gasteiger partial charge in [0, 0.05) is 34.2 Å². The van der Waals surface area contributed by atoms with Crippen LogP contribution in [-0.2, 0) is 39.9 Å². The second kappa shape index (κ2) is 21.4. The fourth-order valence-corrected chi connectivity index (χ4v) is 7.51. The van der Waals surface area contributed by atoms with Gasteiger partial charge >= 0.3 is 5.97 Å². The predicted molar refractivity (Wildman–Crippen MR) is 205 cm³/mol. The summed E-state index contributed by atoms with van der Waals surface area (Å²) >= 11 is 0. The van der Waals surface area contributed by atoms with Gasteiger partial charge in [0.1, 0.15) is 12.1 Å². The molecule has 1 saturated heterocycles. The van der Waals surface area contributed by atoms with Crippen LogP contribution in [-0.4, -0.2) is 122 Å². The molecule has 0 spiro atoms. The van der Waals surface area contributed by atoms with E-state index in [2.05, 4.69) is 16.0 Å². The van der Waals surface area contributed by atoms with E-state index in [0.717, 1.165) is 17.5 Å². The smallest absolute Gasteiger partial charge is 0.326 e. The Balaban J connectivity index is 2.26. The lowest BCUT2D eigenvalue weighted by molar-refractivity contribution is -0.148. The van der Waals surface area contributed by atoms with Crippen molar-refractivity contribution in [2.75, 3.05) is 34.9 Å². The van der Waals surface area contributed by atoms with Crippen LogP contribution in [0.15, 0.2) is 24.3 Å². The second-order valence-corrected chi connectivity index (χ2v) is 15.4. The molecule has 4 N–H and O–H groups in total. The van der Waals surface area contributed by atoms with Gasteiger partial charge in [-0.2, -0.15) is 0 Å². The van der Waals surface area contributed by atoms with Gasteiger partial charge in [0.25, 0.3) is 0 Å². The van der Waals surface area contributed by atoms with E-state index >= 15 is 0 Å². The van der Waals surface area contributed by atoms with E-state index in [1.54, 1.807) is 30.8 Å². The Bertz CT molecular complexity index is 1350. The number of likely N-dealkylation sites (N-methyl/N-ethyl adjacent to an activating group) is 2. The van der Waals surface area contributed by atoms with Crippen LogP contribution in [0.25, 0.3) is 0 Å². The number of likely N-dealkylation sites (tertiary alicyclic amines) is 1. The fourth-order valence-electron chi connectivity index (χ4n) is 7.51. The van der Waals surface area contributed by atoms with E-state index < -0.39 is 60.2 Å². The maximum absolute atomic E-state index is 14.1. The Kier molecular flexibility index (Phi) is 18.4. The van der Waals surface area contributed by atoms with Gasteiger partial charge in [0.15, 0.2) is 0 Å². The molecule has 2 rings (SSSR count). The zero-order valence-corrected chi connectivity index (χ0v) is 34.1. The fraction of sp³-hybridized carbons (Fsp3) is 0.725. The zero-order chi connectivity index (χ0) is 40.2. The van der Waals surface area contributed by atoms with E-state index in [4.69, 9.17) is 9.47 Å². The number of hydrogen-bond donors (Lipinski definition) is 4. The zero-order valence-electron chi connectivity index (χ0n) is 34.1. The molecule has 0 aliphatic carbocycles. The number of ether oxygens (including phenoxy) is 2. The summed E-state index contributed by atoms with van der Waals surface area (Å²) in [7, 11) is 6.46. The first kappa shape index (κ1) is 45.6. The molecule has 1 unspecified atom stereocenters. The first-order chi connectivity index (χ1) is 24.9. The van der Waals surface area contributed by atoms with Crippen molar-refractivity contribution in [1.29, 1.82) is 0 Å². The molecule has 1 aromatic carbocycles. The molecule has 0 aromatic heterocycles. The van der Waals surface area contributed by atoms with Crippen LogP contribution in [0, 0.1) is 30.6 Å². The summed E-state index contributed by atoms with van der Waals surface area (Å²) < 4.78 is 11.9. The molecule has 9 atom stereocenters. The highest BCUT2D eigenvalue weighted by molar-refractivity contribution is 5.90. The van der Waals surface area contributed by atoms with Crippen molar-refractivity contribution in [3.8, 4) is 0 Å². The van der Waals surface area contributed by atoms with Crippen LogP contribution < -0.4 is 16.0 Å². The third kappa shape index (κ3) is 12.2. The van der Waals surface area contributed by atoms with Gasteiger partial charge in [-0.15, -0.1) is 0 Å². The number of benzene rings is 1. The van der Waals surface area contributed by atoms with E-state index in [0.29, 0.717) is 19.4 Å². The number of nitrogens with one attached hydrogen (secondary N) is 3. The molecule has 300 valence electrons. The molecule has 13 nitrogen and oxygen atoms in total. The molecule has 0 bridgehead atoms. The lowest BCUT2D eigenvalue weighted by Gasteiger charge is -2.41. The summed E-state index contributed by atoms with van der Waals surface area (Å²) in [5.41, 5.74) is 1.84. The van der Waals surface area contributed by atoms with Gasteiger partial charge in [0.05, 0.1) is 42.7 Å². The lowest BCUT2D eigenvalue weighted by atomic mass is 9.89. The maximum atomic E-state index is 14.1. The van der Waals surface area contributed by atoms with E-state index in [1.807, 2.05) is 72.7 Å². The number of amides is 4. The molecular formula is C40H67N5O8. The molecule has 1 heterocycles. The normalized spacial score (nSPS) is 19.1. The summed E-state index contributed by atoms with van der Waals surface area (Å²) in [6.45, 7) is 15.8. The Morgan fingerprint density at radius 2 is 1.53 bits per heavy atom. The topological polar surface area (TPSA) is 167 Å². The van der Waals surface area contributed by atoms with Crippen molar-refractivity contribution in [2.45, 2.75) is 130 Å². The van der Waals surface area contributed by atoms with Crippen molar-refractivity contribution < 1.29 is 38.6 Å². The Hall–Kier alpha value is -3.55. The van der Waals surface area contributed by atoms with Crippen LogP contribution in [0.2, 0.25) is 0 Å². The van der Waals surface area contributed by atoms with Crippen molar-refractivity contribution in [1.82, 2.24) is 25.8 Å². The first-order valence-corrected chi connectivity index (χ1v) is 19.1. The third-order valence-electron chi connectivity index (χ3n) is 10.9.